The van der Waals surface area contributed by atoms with Gasteiger partial charge in [0, 0.05) is 17.3 Å². The maximum atomic E-state index is 12.6. The van der Waals surface area contributed by atoms with Crippen LogP contribution in [0.4, 0.5) is 5.69 Å². The third-order valence-corrected chi connectivity index (χ3v) is 6.08. The number of nitrogens with one attached hydrogen (secondary N) is 1. The molecule has 3 rings (SSSR count). The SMILES string of the molecule is Cc1cc(C(=O)NC2C3(C)CCC(C3)C2(C)C)ccc1N. The molecule has 0 saturated heterocycles. The van der Waals surface area contributed by atoms with Gasteiger partial charge in [0.05, 0.1) is 0 Å². The average molecular weight is 286 g/mol. The zero-order valence-corrected chi connectivity index (χ0v) is 13.5. The Morgan fingerprint density at radius 3 is 2.62 bits per heavy atom. The molecule has 0 aromatic heterocycles. The van der Waals surface area contributed by atoms with E-state index >= 15 is 0 Å². The number of aryl methyl sites for hydroxylation is 1. The van der Waals surface area contributed by atoms with Crippen molar-refractivity contribution in [3.05, 3.63) is 29.3 Å². The minimum Gasteiger partial charge on any atom is -0.399 e. The first-order valence-electron chi connectivity index (χ1n) is 7.91. The molecule has 1 aromatic rings. The summed E-state index contributed by atoms with van der Waals surface area (Å²) in [7, 11) is 0. The van der Waals surface area contributed by atoms with Crippen LogP contribution >= 0.6 is 0 Å². The van der Waals surface area contributed by atoms with Crippen molar-refractivity contribution in [2.75, 3.05) is 5.73 Å². The van der Waals surface area contributed by atoms with Gasteiger partial charge in [0.2, 0.25) is 0 Å². The number of nitrogen functional groups attached to an aromatic ring is 1. The largest absolute Gasteiger partial charge is 0.399 e. The summed E-state index contributed by atoms with van der Waals surface area (Å²) in [6.07, 6.45) is 3.77. The van der Waals surface area contributed by atoms with Crippen LogP contribution in [-0.2, 0) is 0 Å². The van der Waals surface area contributed by atoms with Gasteiger partial charge in [-0.25, -0.2) is 0 Å². The summed E-state index contributed by atoms with van der Waals surface area (Å²) in [5, 5.41) is 3.32. The highest BCUT2D eigenvalue weighted by Crippen LogP contribution is 2.62. The minimum absolute atomic E-state index is 0.0324. The zero-order valence-electron chi connectivity index (χ0n) is 13.5. The molecule has 21 heavy (non-hydrogen) atoms. The quantitative estimate of drug-likeness (QED) is 0.817. The lowest BCUT2D eigenvalue weighted by atomic mass is 9.68. The van der Waals surface area contributed by atoms with Gasteiger partial charge in [0.1, 0.15) is 0 Å². The van der Waals surface area contributed by atoms with Gasteiger partial charge >= 0.3 is 0 Å². The van der Waals surface area contributed by atoms with Gasteiger partial charge in [-0.05, 0) is 66.7 Å². The van der Waals surface area contributed by atoms with Crippen LogP contribution in [0.1, 0.15) is 56.0 Å². The summed E-state index contributed by atoms with van der Waals surface area (Å²) in [6.45, 7) is 8.89. The van der Waals surface area contributed by atoms with E-state index < -0.39 is 0 Å². The van der Waals surface area contributed by atoms with Crippen LogP contribution in [-0.4, -0.2) is 11.9 Å². The van der Waals surface area contributed by atoms with Gasteiger partial charge in [-0.15, -0.1) is 0 Å². The highest BCUT2D eigenvalue weighted by atomic mass is 16.1. The number of fused-ring (bicyclic) bond motifs is 2. The molecule has 3 atom stereocenters. The van der Waals surface area contributed by atoms with E-state index in [-0.39, 0.29) is 22.8 Å². The Hall–Kier alpha value is -1.51. The van der Waals surface area contributed by atoms with Crippen LogP contribution in [0.2, 0.25) is 0 Å². The molecule has 3 N–H and O–H groups in total. The molecule has 2 saturated carbocycles. The molecule has 114 valence electrons. The smallest absolute Gasteiger partial charge is 0.251 e. The summed E-state index contributed by atoms with van der Waals surface area (Å²) in [5.74, 6) is 0.769. The Labute approximate surface area is 127 Å². The molecule has 3 heteroatoms. The van der Waals surface area contributed by atoms with Gasteiger partial charge < -0.3 is 11.1 Å². The fourth-order valence-corrected chi connectivity index (χ4v) is 4.69. The molecule has 1 aromatic carbocycles. The van der Waals surface area contributed by atoms with Crippen molar-refractivity contribution in [3.8, 4) is 0 Å². The first kappa shape index (κ1) is 14.4. The number of hydrogen-bond acceptors (Lipinski definition) is 2. The van der Waals surface area contributed by atoms with Crippen LogP contribution in [0.3, 0.4) is 0 Å². The van der Waals surface area contributed by atoms with E-state index in [2.05, 4.69) is 26.1 Å². The number of hydrogen-bond donors (Lipinski definition) is 2. The van der Waals surface area contributed by atoms with Crippen LogP contribution < -0.4 is 11.1 Å². The van der Waals surface area contributed by atoms with Crippen molar-refractivity contribution >= 4 is 11.6 Å². The monoisotopic (exact) mass is 286 g/mol. The summed E-state index contributed by atoms with van der Waals surface area (Å²) in [5.41, 5.74) is 8.68. The Kier molecular flexibility index (Phi) is 3.09. The van der Waals surface area contributed by atoms with Crippen LogP contribution in [0.5, 0.6) is 0 Å². The van der Waals surface area contributed by atoms with E-state index in [9.17, 15) is 4.79 Å². The van der Waals surface area contributed by atoms with Crippen molar-refractivity contribution in [2.24, 2.45) is 16.7 Å². The normalized spacial score (nSPS) is 33.1. The minimum atomic E-state index is 0.0324. The number of carbonyl (C=O) groups excluding carboxylic acids is 1. The molecule has 2 fully saturated rings. The number of anilines is 1. The van der Waals surface area contributed by atoms with Gasteiger partial charge in [-0.1, -0.05) is 20.8 Å². The van der Waals surface area contributed by atoms with Crippen molar-refractivity contribution < 1.29 is 4.79 Å². The molecule has 0 radical (unpaired) electrons. The molecule has 0 aliphatic heterocycles. The highest BCUT2D eigenvalue weighted by Gasteiger charge is 2.59. The van der Waals surface area contributed by atoms with Crippen LogP contribution in [0, 0.1) is 23.7 Å². The fourth-order valence-electron chi connectivity index (χ4n) is 4.69. The first-order chi connectivity index (χ1) is 9.74. The van der Waals surface area contributed by atoms with E-state index in [0.29, 0.717) is 5.56 Å². The van der Waals surface area contributed by atoms with E-state index in [1.807, 2.05) is 25.1 Å². The molecule has 2 aliphatic rings. The van der Waals surface area contributed by atoms with Crippen molar-refractivity contribution in [1.29, 1.82) is 0 Å². The zero-order chi connectivity index (χ0) is 15.4. The molecule has 3 unspecified atom stereocenters. The lowest BCUT2D eigenvalue weighted by Gasteiger charge is -2.43. The second-order valence-corrected chi connectivity index (χ2v) is 7.89. The van der Waals surface area contributed by atoms with E-state index in [4.69, 9.17) is 5.73 Å². The maximum Gasteiger partial charge on any atom is 0.251 e. The number of carbonyl (C=O) groups is 1. The predicted molar refractivity (Wildman–Crippen MR) is 86.1 cm³/mol. The summed E-state index contributed by atoms with van der Waals surface area (Å²) < 4.78 is 0. The Balaban J connectivity index is 1.83. The van der Waals surface area contributed by atoms with Gasteiger partial charge in [-0.3, -0.25) is 4.79 Å². The summed E-state index contributed by atoms with van der Waals surface area (Å²) >= 11 is 0. The predicted octanol–water partition coefficient (Wildman–Crippen LogP) is 3.52. The van der Waals surface area contributed by atoms with Crippen molar-refractivity contribution in [1.82, 2.24) is 5.32 Å². The molecule has 2 bridgehead atoms. The maximum absolute atomic E-state index is 12.6. The third kappa shape index (κ3) is 2.14. The van der Waals surface area contributed by atoms with Crippen molar-refractivity contribution in [2.45, 2.75) is 53.0 Å². The molecule has 2 aliphatic carbocycles. The second kappa shape index (κ2) is 4.49. The van der Waals surface area contributed by atoms with Crippen LogP contribution in [0.15, 0.2) is 18.2 Å². The molecule has 3 nitrogen and oxygen atoms in total. The van der Waals surface area contributed by atoms with Crippen molar-refractivity contribution in [3.63, 3.8) is 0 Å². The average Bonchev–Trinajstić information content (AvgIpc) is 2.89. The Morgan fingerprint density at radius 2 is 2.05 bits per heavy atom. The van der Waals surface area contributed by atoms with E-state index in [1.165, 1.54) is 19.3 Å². The number of amides is 1. The van der Waals surface area contributed by atoms with E-state index in [0.717, 1.165) is 17.2 Å². The molecular formula is C18H26N2O. The molecular weight excluding hydrogens is 260 g/mol. The topological polar surface area (TPSA) is 55.1 Å². The Bertz CT molecular complexity index is 588. The number of nitrogens with two attached hydrogens (primary N) is 1. The summed E-state index contributed by atoms with van der Waals surface area (Å²) in [4.78, 5) is 12.6. The fraction of sp³-hybridized carbons (Fsp3) is 0.611. The van der Waals surface area contributed by atoms with Gasteiger partial charge in [0.25, 0.3) is 5.91 Å². The molecule has 0 spiro atoms. The summed E-state index contributed by atoms with van der Waals surface area (Å²) in [6, 6.07) is 5.78. The first-order valence-corrected chi connectivity index (χ1v) is 7.91. The van der Waals surface area contributed by atoms with Gasteiger partial charge in [-0.2, -0.15) is 0 Å². The van der Waals surface area contributed by atoms with Crippen LogP contribution in [0.25, 0.3) is 0 Å². The standard InChI is InChI=1S/C18H26N2O/c1-11-9-12(5-6-14(11)19)15(21)20-16-17(2,3)13-7-8-18(16,4)10-13/h5-6,9,13,16H,7-8,10,19H2,1-4H3,(H,20,21). The lowest BCUT2D eigenvalue weighted by Crippen LogP contribution is -2.52. The lowest BCUT2D eigenvalue weighted by molar-refractivity contribution is 0.0737. The second-order valence-electron chi connectivity index (χ2n) is 7.89. The molecule has 1 amide bonds. The number of benzene rings is 1. The highest BCUT2D eigenvalue weighted by molar-refractivity contribution is 5.95. The Morgan fingerprint density at radius 1 is 1.33 bits per heavy atom. The van der Waals surface area contributed by atoms with E-state index in [1.54, 1.807) is 0 Å². The number of rotatable bonds is 2. The van der Waals surface area contributed by atoms with Gasteiger partial charge in [0.15, 0.2) is 0 Å². The third-order valence-electron chi connectivity index (χ3n) is 6.08. The molecule has 0 heterocycles.